The molecule has 3 unspecified atom stereocenters. The van der Waals surface area contributed by atoms with Gasteiger partial charge in [-0.3, -0.25) is 4.79 Å². The standard InChI is InChI=1S/C13H15N3O/c17-12-9-3-1-2-4-10(9)15-13(16-12)7-8-5-6-11(13)14-8/h1-4,8,11,14-15H,5-7H2,(H,16,17). The van der Waals surface area contributed by atoms with Gasteiger partial charge in [0.1, 0.15) is 5.66 Å². The van der Waals surface area contributed by atoms with E-state index in [1.165, 1.54) is 6.42 Å². The molecular weight excluding hydrogens is 214 g/mol. The average molecular weight is 229 g/mol. The first-order chi connectivity index (χ1) is 8.27. The Morgan fingerprint density at radius 2 is 2.06 bits per heavy atom. The van der Waals surface area contributed by atoms with Crippen LogP contribution in [0.4, 0.5) is 5.69 Å². The summed E-state index contributed by atoms with van der Waals surface area (Å²) in [6.07, 6.45) is 3.35. The van der Waals surface area contributed by atoms with E-state index >= 15 is 0 Å². The van der Waals surface area contributed by atoms with Crippen molar-refractivity contribution in [1.82, 2.24) is 10.6 Å². The summed E-state index contributed by atoms with van der Waals surface area (Å²) < 4.78 is 0. The van der Waals surface area contributed by atoms with E-state index in [1.54, 1.807) is 0 Å². The fourth-order valence-electron chi connectivity index (χ4n) is 3.51. The summed E-state index contributed by atoms with van der Waals surface area (Å²) in [7, 11) is 0. The van der Waals surface area contributed by atoms with Crippen LogP contribution in [0.5, 0.6) is 0 Å². The van der Waals surface area contributed by atoms with Crippen LogP contribution in [0.1, 0.15) is 29.6 Å². The van der Waals surface area contributed by atoms with Gasteiger partial charge in [0.2, 0.25) is 0 Å². The Bertz CT molecular complexity index is 501. The summed E-state index contributed by atoms with van der Waals surface area (Å²) in [5.74, 6) is 0.0497. The number of rotatable bonds is 0. The van der Waals surface area contributed by atoms with Gasteiger partial charge in [0.05, 0.1) is 5.56 Å². The van der Waals surface area contributed by atoms with Crippen molar-refractivity contribution in [2.24, 2.45) is 0 Å². The molecule has 3 heterocycles. The summed E-state index contributed by atoms with van der Waals surface area (Å²) >= 11 is 0. The van der Waals surface area contributed by atoms with Crippen molar-refractivity contribution < 1.29 is 4.79 Å². The van der Waals surface area contributed by atoms with E-state index < -0.39 is 0 Å². The van der Waals surface area contributed by atoms with Gasteiger partial charge in [0.25, 0.3) is 5.91 Å². The third kappa shape index (κ3) is 1.19. The van der Waals surface area contributed by atoms with Crippen LogP contribution in [0.3, 0.4) is 0 Å². The van der Waals surface area contributed by atoms with Crippen molar-refractivity contribution in [2.45, 2.75) is 37.0 Å². The van der Waals surface area contributed by atoms with Crippen molar-refractivity contribution in [1.29, 1.82) is 0 Å². The zero-order valence-electron chi connectivity index (χ0n) is 9.49. The number of fused-ring (bicyclic) bond motifs is 4. The molecule has 0 aromatic heterocycles. The van der Waals surface area contributed by atoms with Crippen LogP contribution in [0.25, 0.3) is 0 Å². The Labute approximate surface area is 99.8 Å². The lowest BCUT2D eigenvalue weighted by molar-refractivity contribution is 0.0885. The number of benzene rings is 1. The van der Waals surface area contributed by atoms with Crippen LogP contribution in [0.15, 0.2) is 24.3 Å². The van der Waals surface area contributed by atoms with Crippen molar-refractivity contribution in [2.75, 3.05) is 5.32 Å². The van der Waals surface area contributed by atoms with Crippen molar-refractivity contribution in [3.8, 4) is 0 Å². The molecule has 2 saturated heterocycles. The lowest BCUT2D eigenvalue weighted by Crippen LogP contribution is -2.63. The van der Waals surface area contributed by atoms with E-state index in [1.807, 2.05) is 24.3 Å². The molecule has 4 nitrogen and oxygen atoms in total. The summed E-state index contributed by atoms with van der Waals surface area (Å²) in [6, 6.07) is 8.64. The number of nitrogens with one attached hydrogen (secondary N) is 3. The van der Waals surface area contributed by atoms with E-state index in [-0.39, 0.29) is 11.6 Å². The molecule has 4 rings (SSSR count). The van der Waals surface area contributed by atoms with E-state index in [0.717, 1.165) is 24.1 Å². The minimum Gasteiger partial charge on any atom is -0.361 e. The van der Waals surface area contributed by atoms with E-state index in [4.69, 9.17) is 0 Å². The van der Waals surface area contributed by atoms with Crippen molar-refractivity contribution in [3.05, 3.63) is 29.8 Å². The lowest BCUT2D eigenvalue weighted by atomic mass is 9.86. The van der Waals surface area contributed by atoms with Gasteiger partial charge in [-0.1, -0.05) is 12.1 Å². The topological polar surface area (TPSA) is 53.2 Å². The number of hydrogen-bond donors (Lipinski definition) is 3. The molecule has 3 N–H and O–H groups in total. The summed E-state index contributed by atoms with van der Waals surface area (Å²) in [4.78, 5) is 12.1. The molecule has 3 aliphatic heterocycles. The fraction of sp³-hybridized carbons (Fsp3) is 0.462. The third-order valence-corrected chi connectivity index (χ3v) is 4.27. The normalized spacial score (nSPS) is 37.8. The Hall–Kier alpha value is -1.55. The van der Waals surface area contributed by atoms with Gasteiger partial charge in [-0.2, -0.15) is 0 Å². The molecule has 0 radical (unpaired) electrons. The van der Waals surface area contributed by atoms with Gasteiger partial charge < -0.3 is 16.0 Å². The first-order valence-corrected chi connectivity index (χ1v) is 6.23. The number of para-hydroxylation sites is 1. The summed E-state index contributed by atoms with van der Waals surface area (Å²) in [5.41, 5.74) is 1.46. The van der Waals surface area contributed by atoms with Crippen LogP contribution in [-0.4, -0.2) is 23.7 Å². The maximum absolute atomic E-state index is 12.1. The SMILES string of the molecule is O=C1NC2(CC3CCC2N3)Nc2ccccc21. The van der Waals surface area contributed by atoms with Gasteiger partial charge in [-0.15, -0.1) is 0 Å². The number of carbonyl (C=O) groups is 1. The number of anilines is 1. The van der Waals surface area contributed by atoms with Crippen LogP contribution in [0.2, 0.25) is 0 Å². The zero-order valence-corrected chi connectivity index (χ0v) is 9.49. The molecule has 0 saturated carbocycles. The molecule has 2 fully saturated rings. The highest BCUT2D eigenvalue weighted by Gasteiger charge is 2.53. The van der Waals surface area contributed by atoms with Gasteiger partial charge in [-0.25, -0.2) is 0 Å². The molecule has 0 aliphatic carbocycles. The molecule has 1 amide bonds. The molecule has 1 aromatic rings. The van der Waals surface area contributed by atoms with Crippen molar-refractivity contribution >= 4 is 11.6 Å². The predicted octanol–water partition coefficient (Wildman–Crippen LogP) is 1.06. The van der Waals surface area contributed by atoms with Crippen LogP contribution >= 0.6 is 0 Å². The monoisotopic (exact) mass is 229 g/mol. The van der Waals surface area contributed by atoms with Crippen LogP contribution < -0.4 is 16.0 Å². The second-order valence-electron chi connectivity index (χ2n) is 5.29. The highest BCUT2D eigenvalue weighted by atomic mass is 16.2. The van der Waals surface area contributed by atoms with Crippen molar-refractivity contribution in [3.63, 3.8) is 0 Å². The third-order valence-electron chi connectivity index (χ3n) is 4.27. The molecule has 88 valence electrons. The van der Waals surface area contributed by atoms with E-state index in [2.05, 4.69) is 16.0 Å². The van der Waals surface area contributed by atoms with Gasteiger partial charge in [0, 0.05) is 24.2 Å². The second-order valence-corrected chi connectivity index (χ2v) is 5.29. The molecule has 4 heteroatoms. The van der Waals surface area contributed by atoms with E-state index in [0.29, 0.717) is 12.1 Å². The Kier molecular flexibility index (Phi) is 1.68. The smallest absolute Gasteiger partial charge is 0.255 e. The highest BCUT2D eigenvalue weighted by Crippen LogP contribution is 2.40. The molecule has 1 spiro atoms. The molecule has 17 heavy (non-hydrogen) atoms. The van der Waals surface area contributed by atoms with Gasteiger partial charge in [-0.05, 0) is 25.0 Å². The van der Waals surface area contributed by atoms with E-state index in [9.17, 15) is 4.79 Å². The van der Waals surface area contributed by atoms with Crippen LogP contribution in [-0.2, 0) is 0 Å². The molecule has 1 aromatic carbocycles. The quantitative estimate of drug-likeness (QED) is 0.623. The zero-order chi connectivity index (χ0) is 11.5. The lowest BCUT2D eigenvalue weighted by Gasteiger charge is -2.42. The first kappa shape index (κ1) is 9.48. The molecular formula is C13H15N3O. The fourth-order valence-corrected chi connectivity index (χ4v) is 3.51. The first-order valence-electron chi connectivity index (χ1n) is 6.23. The summed E-state index contributed by atoms with van der Waals surface area (Å²) in [6.45, 7) is 0. The maximum Gasteiger partial charge on any atom is 0.255 e. The average Bonchev–Trinajstić information content (AvgIpc) is 2.89. The van der Waals surface area contributed by atoms with Gasteiger partial charge in [0.15, 0.2) is 0 Å². The largest absolute Gasteiger partial charge is 0.361 e. The molecule has 3 atom stereocenters. The number of amides is 1. The molecule has 3 aliphatic rings. The Balaban J connectivity index is 1.77. The Morgan fingerprint density at radius 1 is 1.18 bits per heavy atom. The number of hydrogen-bond acceptors (Lipinski definition) is 3. The maximum atomic E-state index is 12.1. The second kappa shape index (κ2) is 3.01. The minimum atomic E-state index is -0.256. The van der Waals surface area contributed by atoms with Crippen LogP contribution in [0, 0.1) is 0 Å². The van der Waals surface area contributed by atoms with Gasteiger partial charge >= 0.3 is 0 Å². The molecule has 2 bridgehead atoms. The predicted molar refractivity (Wildman–Crippen MR) is 64.8 cm³/mol. The highest BCUT2D eigenvalue weighted by molar-refractivity contribution is 6.02. The number of carbonyl (C=O) groups excluding carboxylic acids is 1. The summed E-state index contributed by atoms with van der Waals surface area (Å²) in [5, 5.41) is 10.3. The minimum absolute atomic E-state index is 0.0497. The Morgan fingerprint density at radius 3 is 2.82 bits per heavy atom.